The topological polar surface area (TPSA) is 93.7 Å². The second-order valence-corrected chi connectivity index (χ2v) is 6.87. The highest BCUT2D eigenvalue weighted by Crippen LogP contribution is 2.25. The Morgan fingerprint density at radius 2 is 1.79 bits per heavy atom. The highest BCUT2D eigenvalue weighted by Gasteiger charge is 2.32. The lowest BCUT2D eigenvalue weighted by Gasteiger charge is -2.10. The van der Waals surface area contributed by atoms with E-state index in [2.05, 4.69) is 10.6 Å². The van der Waals surface area contributed by atoms with Crippen LogP contribution in [0.4, 0.5) is 11.4 Å². The van der Waals surface area contributed by atoms with Gasteiger partial charge < -0.3 is 20.1 Å². The summed E-state index contributed by atoms with van der Waals surface area (Å²) in [5, 5.41) is 5.60. The van der Waals surface area contributed by atoms with Crippen molar-refractivity contribution in [1.82, 2.24) is 0 Å². The minimum Gasteiger partial charge on any atom is -0.470 e. The molecule has 7 nitrogen and oxygen atoms in total. The van der Waals surface area contributed by atoms with Gasteiger partial charge in [-0.1, -0.05) is 24.3 Å². The summed E-state index contributed by atoms with van der Waals surface area (Å²) in [6.07, 6.45) is 3.18. The normalized spacial score (nSPS) is 15.0. The van der Waals surface area contributed by atoms with Gasteiger partial charge in [0.2, 0.25) is 11.7 Å². The Morgan fingerprint density at radius 1 is 1.00 bits per heavy atom. The molecule has 2 aromatic carbocycles. The first-order valence-electron chi connectivity index (χ1n) is 9.41. The minimum absolute atomic E-state index is 0.0326. The summed E-state index contributed by atoms with van der Waals surface area (Å²) in [6.45, 7) is -0.744. The lowest BCUT2D eigenvalue weighted by atomic mass is 10.1. The molecule has 7 heteroatoms. The van der Waals surface area contributed by atoms with E-state index >= 15 is 0 Å². The Kier molecular flexibility index (Phi) is 5.29. The van der Waals surface area contributed by atoms with Gasteiger partial charge in [0.15, 0.2) is 18.8 Å². The van der Waals surface area contributed by atoms with Crippen LogP contribution in [0.3, 0.4) is 0 Å². The number of ether oxygens (including phenoxy) is 2. The van der Waals surface area contributed by atoms with Gasteiger partial charge in [0.25, 0.3) is 5.91 Å². The molecule has 0 radical (unpaired) electrons. The number of hydrogen-bond donors (Lipinski definition) is 2. The average Bonchev–Trinajstić information content (AvgIpc) is 3.33. The van der Waals surface area contributed by atoms with Crippen LogP contribution in [0.2, 0.25) is 0 Å². The zero-order chi connectivity index (χ0) is 20.2. The van der Waals surface area contributed by atoms with Crippen LogP contribution in [-0.2, 0) is 36.7 Å². The molecule has 29 heavy (non-hydrogen) atoms. The SMILES string of the molecule is O=C(COC(=O)C1=C(Nc2ccccc2)OCC1=O)Nc1ccc2c(c1)CCC2. The van der Waals surface area contributed by atoms with Gasteiger partial charge in [-0.15, -0.1) is 0 Å². The van der Waals surface area contributed by atoms with Gasteiger partial charge in [-0.05, 0) is 54.7 Å². The number of fused-ring (bicyclic) bond motifs is 1. The van der Waals surface area contributed by atoms with Crippen LogP contribution in [0, 0.1) is 0 Å². The molecule has 0 spiro atoms. The fraction of sp³-hybridized carbons (Fsp3) is 0.227. The molecule has 0 saturated carbocycles. The Bertz CT molecular complexity index is 998. The van der Waals surface area contributed by atoms with Crippen molar-refractivity contribution in [3.8, 4) is 0 Å². The predicted molar refractivity (Wildman–Crippen MR) is 106 cm³/mol. The van der Waals surface area contributed by atoms with E-state index in [0.717, 1.165) is 19.3 Å². The van der Waals surface area contributed by atoms with E-state index < -0.39 is 24.3 Å². The maximum absolute atomic E-state index is 12.4. The van der Waals surface area contributed by atoms with Crippen molar-refractivity contribution in [1.29, 1.82) is 0 Å². The third-order valence-corrected chi connectivity index (χ3v) is 4.81. The van der Waals surface area contributed by atoms with Gasteiger partial charge in [-0.2, -0.15) is 0 Å². The number of ketones is 1. The molecular weight excluding hydrogens is 372 g/mol. The molecule has 1 aliphatic heterocycles. The van der Waals surface area contributed by atoms with Crippen LogP contribution in [0.5, 0.6) is 0 Å². The fourth-order valence-electron chi connectivity index (χ4n) is 3.42. The molecule has 1 aliphatic carbocycles. The van der Waals surface area contributed by atoms with E-state index in [9.17, 15) is 14.4 Å². The summed E-state index contributed by atoms with van der Waals surface area (Å²) >= 11 is 0. The molecule has 0 unspecified atom stereocenters. The largest absolute Gasteiger partial charge is 0.470 e. The van der Waals surface area contributed by atoms with Gasteiger partial charge in [-0.25, -0.2) is 4.79 Å². The van der Waals surface area contributed by atoms with Gasteiger partial charge in [0.05, 0.1) is 0 Å². The third kappa shape index (κ3) is 4.29. The lowest BCUT2D eigenvalue weighted by molar-refractivity contribution is -0.144. The number of rotatable bonds is 6. The van der Waals surface area contributed by atoms with Gasteiger partial charge in [-0.3, -0.25) is 9.59 Å². The van der Waals surface area contributed by atoms with Crippen molar-refractivity contribution < 1.29 is 23.9 Å². The molecule has 0 aromatic heterocycles. The summed E-state index contributed by atoms with van der Waals surface area (Å²) in [7, 11) is 0. The van der Waals surface area contributed by atoms with Gasteiger partial charge in [0, 0.05) is 11.4 Å². The van der Waals surface area contributed by atoms with E-state index in [0.29, 0.717) is 11.4 Å². The van der Waals surface area contributed by atoms with Gasteiger partial charge in [0.1, 0.15) is 0 Å². The van der Waals surface area contributed by atoms with Crippen LogP contribution in [0.1, 0.15) is 17.5 Å². The van der Waals surface area contributed by atoms with Crippen molar-refractivity contribution >= 4 is 29.0 Å². The van der Waals surface area contributed by atoms with Crippen molar-refractivity contribution in [3.05, 3.63) is 71.1 Å². The molecule has 4 rings (SSSR count). The quantitative estimate of drug-likeness (QED) is 0.580. The van der Waals surface area contributed by atoms with E-state index in [4.69, 9.17) is 9.47 Å². The molecule has 1 heterocycles. The third-order valence-electron chi connectivity index (χ3n) is 4.81. The molecule has 2 aliphatic rings. The molecule has 0 fully saturated rings. The van der Waals surface area contributed by atoms with E-state index in [-0.39, 0.29) is 18.1 Å². The van der Waals surface area contributed by atoms with Crippen molar-refractivity contribution in [3.63, 3.8) is 0 Å². The number of carbonyl (C=O) groups is 3. The molecule has 1 amide bonds. The van der Waals surface area contributed by atoms with Crippen LogP contribution >= 0.6 is 0 Å². The van der Waals surface area contributed by atoms with Crippen molar-refractivity contribution in [2.75, 3.05) is 23.8 Å². The number of hydrogen-bond acceptors (Lipinski definition) is 6. The van der Waals surface area contributed by atoms with Crippen LogP contribution in [0.25, 0.3) is 0 Å². The number of carbonyl (C=O) groups excluding carboxylic acids is 3. The van der Waals surface area contributed by atoms with Gasteiger partial charge >= 0.3 is 5.97 Å². The maximum atomic E-state index is 12.4. The molecule has 2 aromatic rings. The van der Waals surface area contributed by atoms with Crippen molar-refractivity contribution in [2.24, 2.45) is 0 Å². The maximum Gasteiger partial charge on any atom is 0.347 e. The molecule has 0 atom stereocenters. The number of amides is 1. The number of aryl methyl sites for hydroxylation is 2. The Morgan fingerprint density at radius 3 is 2.62 bits per heavy atom. The zero-order valence-corrected chi connectivity index (χ0v) is 15.7. The summed E-state index contributed by atoms with van der Waals surface area (Å²) < 4.78 is 10.3. The summed E-state index contributed by atoms with van der Waals surface area (Å²) in [4.78, 5) is 36.6. The number of Topliss-reactive ketones (excluding diaryl/α,β-unsaturated/α-hetero) is 1. The number of para-hydroxylation sites is 1. The van der Waals surface area contributed by atoms with Crippen LogP contribution in [0.15, 0.2) is 60.0 Å². The van der Waals surface area contributed by atoms with Crippen molar-refractivity contribution in [2.45, 2.75) is 19.3 Å². The second kappa shape index (κ2) is 8.18. The highest BCUT2D eigenvalue weighted by molar-refractivity contribution is 6.20. The van der Waals surface area contributed by atoms with E-state index in [1.165, 1.54) is 11.1 Å². The monoisotopic (exact) mass is 392 g/mol. The first kappa shape index (κ1) is 18.7. The lowest BCUT2D eigenvalue weighted by Crippen LogP contribution is -2.24. The average molecular weight is 392 g/mol. The fourth-order valence-corrected chi connectivity index (χ4v) is 3.42. The number of nitrogens with one attached hydrogen (secondary N) is 2. The standard InChI is InChI=1S/C22H20N2O5/c25-18-12-28-21(24-16-7-2-1-3-8-16)20(18)22(27)29-13-19(26)23-17-10-9-14-5-4-6-15(14)11-17/h1-3,7-11,24H,4-6,12-13H2,(H,23,26). The number of anilines is 2. The highest BCUT2D eigenvalue weighted by atomic mass is 16.5. The Hall–Kier alpha value is -3.61. The van der Waals surface area contributed by atoms with Crippen LogP contribution in [-0.4, -0.2) is 30.9 Å². The first-order chi connectivity index (χ1) is 14.1. The smallest absolute Gasteiger partial charge is 0.347 e. The summed E-state index contributed by atoms with van der Waals surface area (Å²) in [5.74, 6) is -1.83. The second-order valence-electron chi connectivity index (χ2n) is 6.87. The summed E-state index contributed by atoms with van der Waals surface area (Å²) in [5.41, 5.74) is 3.64. The molecule has 2 N–H and O–H groups in total. The molecule has 0 saturated heterocycles. The predicted octanol–water partition coefficient (Wildman–Crippen LogP) is 2.58. The number of benzene rings is 2. The Balaban J connectivity index is 1.37. The molecular formula is C22H20N2O5. The molecule has 0 bridgehead atoms. The summed E-state index contributed by atoms with van der Waals surface area (Å²) in [6, 6.07) is 14.8. The molecule has 148 valence electrons. The van der Waals surface area contributed by atoms with E-state index in [1.807, 2.05) is 24.3 Å². The first-order valence-corrected chi connectivity index (χ1v) is 9.41. The Labute approximate surface area is 167 Å². The minimum atomic E-state index is -0.893. The zero-order valence-electron chi connectivity index (χ0n) is 15.7. The van der Waals surface area contributed by atoms with Crippen LogP contribution < -0.4 is 10.6 Å². The van der Waals surface area contributed by atoms with E-state index in [1.54, 1.807) is 24.3 Å². The number of esters is 1.